The summed E-state index contributed by atoms with van der Waals surface area (Å²) in [6.07, 6.45) is 0. The minimum Gasteiger partial charge on any atom is -0.465 e. The van der Waals surface area contributed by atoms with Crippen LogP contribution in [0, 0.1) is 0 Å². The summed E-state index contributed by atoms with van der Waals surface area (Å²) in [7, 11) is 0. The fourth-order valence-corrected chi connectivity index (χ4v) is 2.15. The van der Waals surface area contributed by atoms with Crippen molar-refractivity contribution in [2.75, 3.05) is 12.4 Å². The average molecular weight is 233 g/mol. The number of rotatable bonds is 5. The second-order valence-electron chi connectivity index (χ2n) is 2.37. The predicted octanol–water partition coefficient (Wildman–Crippen LogP) is 0.521. The van der Waals surface area contributed by atoms with E-state index in [2.05, 4.69) is 10.2 Å². The number of hydrogen-bond acceptors (Lipinski definition) is 7. The molecule has 0 saturated carbocycles. The lowest BCUT2D eigenvalue weighted by molar-refractivity contribution is -0.144. The molecule has 0 aliphatic rings. The highest BCUT2D eigenvalue weighted by atomic mass is 32.2. The van der Waals surface area contributed by atoms with Gasteiger partial charge in [0.1, 0.15) is 11.6 Å². The van der Waals surface area contributed by atoms with Crippen molar-refractivity contribution < 1.29 is 9.53 Å². The lowest BCUT2D eigenvalue weighted by Gasteiger charge is -2.08. The highest BCUT2D eigenvalue weighted by molar-refractivity contribution is 8.01. The van der Waals surface area contributed by atoms with Gasteiger partial charge in [0, 0.05) is 5.75 Å². The molecular weight excluding hydrogens is 222 g/mol. The van der Waals surface area contributed by atoms with Gasteiger partial charge in [-0.2, -0.15) is 0 Å². The van der Waals surface area contributed by atoms with E-state index < -0.39 is 6.04 Å². The Bertz CT molecular complexity index is 278. The lowest BCUT2D eigenvalue weighted by Crippen LogP contribution is -2.34. The Morgan fingerprint density at radius 2 is 2.64 bits per heavy atom. The third-order valence-electron chi connectivity index (χ3n) is 1.32. The summed E-state index contributed by atoms with van der Waals surface area (Å²) in [6, 6.07) is -0.594. The molecule has 0 bridgehead atoms. The molecule has 1 aromatic rings. The lowest BCUT2D eigenvalue weighted by atomic mass is 10.4. The zero-order valence-corrected chi connectivity index (χ0v) is 9.31. The molecule has 78 valence electrons. The summed E-state index contributed by atoms with van der Waals surface area (Å²) in [4.78, 5) is 11.1. The van der Waals surface area contributed by atoms with E-state index in [-0.39, 0.29) is 5.97 Å². The maximum Gasteiger partial charge on any atom is 0.323 e. The van der Waals surface area contributed by atoms with Crippen molar-refractivity contribution in [3.05, 3.63) is 5.51 Å². The first-order chi connectivity index (χ1) is 6.74. The van der Waals surface area contributed by atoms with Crippen LogP contribution < -0.4 is 5.73 Å². The van der Waals surface area contributed by atoms with Gasteiger partial charge in [-0.1, -0.05) is 23.1 Å². The van der Waals surface area contributed by atoms with Gasteiger partial charge in [-0.15, -0.1) is 10.2 Å². The molecule has 2 N–H and O–H groups in total. The van der Waals surface area contributed by atoms with Crippen LogP contribution in [0.3, 0.4) is 0 Å². The summed E-state index contributed by atoms with van der Waals surface area (Å²) in [5, 5.41) is 7.49. The van der Waals surface area contributed by atoms with Gasteiger partial charge < -0.3 is 10.5 Å². The van der Waals surface area contributed by atoms with Gasteiger partial charge in [0.25, 0.3) is 0 Å². The van der Waals surface area contributed by atoms with E-state index in [9.17, 15) is 4.79 Å². The molecule has 0 spiro atoms. The van der Waals surface area contributed by atoms with Crippen molar-refractivity contribution in [3.8, 4) is 0 Å². The van der Waals surface area contributed by atoms with Gasteiger partial charge in [0.15, 0.2) is 4.34 Å². The first-order valence-corrected chi connectivity index (χ1v) is 5.91. The van der Waals surface area contributed by atoms with E-state index in [1.54, 1.807) is 12.4 Å². The van der Waals surface area contributed by atoms with E-state index in [1.807, 2.05) is 0 Å². The van der Waals surface area contributed by atoms with Crippen molar-refractivity contribution in [1.82, 2.24) is 10.2 Å². The molecule has 0 aliphatic heterocycles. The zero-order valence-electron chi connectivity index (χ0n) is 7.67. The van der Waals surface area contributed by atoms with E-state index in [0.29, 0.717) is 12.4 Å². The summed E-state index contributed by atoms with van der Waals surface area (Å²) in [5.41, 5.74) is 7.22. The van der Waals surface area contributed by atoms with Crippen LogP contribution in [0.1, 0.15) is 6.92 Å². The molecule has 1 heterocycles. The second-order valence-corrected chi connectivity index (χ2v) is 4.47. The maximum atomic E-state index is 11.1. The number of nitrogens with zero attached hydrogens (tertiary/aromatic N) is 2. The van der Waals surface area contributed by atoms with Gasteiger partial charge in [0.05, 0.1) is 6.61 Å². The minimum atomic E-state index is -0.594. The van der Waals surface area contributed by atoms with Crippen LogP contribution in [0.4, 0.5) is 0 Å². The van der Waals surface area contributed by atoms with E-state index in [0.717, 1.165) is 4.34 Å². The average Bonchev–Trinajstić information content (AvgIpc) is 2.67. The number of carbonyl (C=O) groups is 1. The van der Waals surface area contributed by atoms with Crippen LogP contribution in [0.25, 0.3) is 0 Å². The van der Waals surface area contributed by atoms with Gasteiger partial charge in [-0.05, 0) is 6.92 Å². The van der Waals surface area contributed by atoms with Crippen LogP contribution in [-0.2, 0) is 9.53 Å². The van der Waals surface area contributed by atoms with Gasteiger partial charge in [0.2, 0.25) is 0 Å². The summed E-state index contributed by atoms with van der Waals surface area (Å²) < 4.78 is 5.57. The summed E-state index contributed by atoms with van der Waals surface area (Å²) in [5.74, 6) is 0.0955. The molecular formula is C7H11N3O2S2. The van der Waals surface area contributed by atoms with Crippen LogP contribution in [0.15, 0.2) is 9.85 Å². The third kappa shape index (κ3) is 3.60. The summed E-state index contributed by atoms with van der Waals surface area (Å²) in [6.45, 7) is 2.11. The normalized spacial score (nSPS) is 12.4. The van der Waals surface area contributed by atoms with E-state index >= 15 is 0 Å². The smallest absolute Gasteiger partial charge is 0.323 e. The number of thioether (sulfide) groups is 1. The Morgan fingerprint density at radius 1 is 1.86 bits per heavy atom. The Balaban J connectivity index is 2.27. The molecule has 0 aliphatic carbocycles. The fourth-order valence-electron chi connectivity index (χ4n) is 0.704. The molecule has 0 fully saturated rings. The monoisotopic (exact) mass is 233 g/mol. The molecule has 1 unspecified atom stereocenters. The molecule has 1 rings (SSSR count). The Labute approximate surface area is 90.0 Å². The van der Waals surface area contributed by atoms with E-state index in [4.69, 9.17) is 10.5 Å². The van der Waals surface area contributed by atoms with Gasteiger partial charge in [-0.25, -0.2) is 0 Å². The molecule has 7 heteroatoms. The Kier molecular flexibility index (Phi) is 4.85. The first kappa shape index (κ1) is 11.4. The number of ether oxygens (including phenoxy) is 1. The molecule has 1 atom stereocenters. The number of nitrogens with two attached hydrogens (primary N) is 1. The third-order valence-corrected chi connectivity index (χ3v) is 3.30. The number of esters is 1. The van der Waals surface area contributed by atoms with Crippen LogP contribution in [0.2, 0.25) is 0 Å². The topological polar surface area (TPSA) is 78.1 Å². The minimum absolute atomic E-state index is 0.357. The maximum absolute atomic E-state index is 11.1. The van der Waals surface area contributed by atoms with Crippen molar-refractivity contribution in [2.45, 2.75) is 17.3 Å². The molecule has 14 heavy (non-hydrogen) atoms. The predicted molar refractivity (Wildman–Crippen MR) is 55.2 cm³/mol. The van der Waals surface area contributed by atoms with Crippen molar-refractivity contribution in [3.63, 3.8) is 0 Å². The zero-order chi connectivity index (χ0) is 10.4. The molecule has 1 aromatic heterocycles. The highest BCUT2D eigenvalue weighted by Gasteiger charge is 2.15. The number of carbonyl (C=O) groups excluding carboxylic acids is 1. The number of hydrogen-bond donors (Lipinski definition) is 1. The number of aromatic nitrogens is 2. The summed E-state index contributed by atoms with van der Waals surface area (Å²) >= 11 is 2.83. The fraction of sp³-hybridized carbons (Fsp3) is 0.571. The van der Waals surface area contributed by atoms with Crippen molar-refractivity contribution >= 4 is 29.1 Å². The van der Waals surface area contributed by atoms with Crippen molar-refractivity contribution in [1.29, 1.82) is 0 Å². The highest BCUT2D eigenvalue weighted by Crippen LogP contribution is 2.19. The largest absolute Gasteiger partial charge is 0.465 e. The SMILES string of the molecule is CCOC(=O)C(N)CSc1nncs1. The van der Waals surface area contributed by atoms with Gasteiger partial charge >= 0.3 is 5.97 Å². The standard InChI is InChI=1S/C7H11N3O2S2/c1-2-12-6(11)5(8)3-13-7-10-9-4-14-7/h4-5H,2-3,8H2,1H3. The molecule has 0 saturated heterocycles. The van der Waals surface area contributed by atoms with Crippen LogP contribution in [0.5, 0.6) is 0 Å². The molecule has 0 aromatic carbocycles. The first-order valence-electron chi connectivity index (χ1n) is 4.05. The molecule has 5 nitrogen and oxygen atoms in total. The molecule has 0 radical (unpaired) electrons. The van der Waals surface area contributed by atoms with E-state index in [1.165, 1.54) is 23.1 Å². The van der Waals surface area contributed by atoms with Gasteiger partial charge in [-0.3, -0.25) is 4.79 Å². The Morgan fingerprint density at radius 3 is 3.21 bits per heavy atom. The second kappa shape index (κ2) is 5.94. The molecule has 0 amide bonds. The van der Waals surface area contributed by atoms with Crippen molar-refractivity contribution in [2.24, 2.45) is 5.73 Å². The quantitative estimate of drug-likeness (QED) is 0.590. The Hall–Kier alpha value is -0.660. The van der Waals surface area contributed by atoms with Crippen LogP contribution >= 0.6 is 23.1 Å². The van der Waals surface area contributed by atoms with Crippen LogP contribution in [-0.4, -0.2) is 34.6 Å².